The van der Waals surface area contributed by atoms with E-state index in [0.717, 1.165) is 19.4 Å². The average molecular weight is 286 g/mol. The third-order valence-electron chi connectivity index (χ3n) is 3.55. The number of hydrogen-bond acceptors (Lipinski definition) is 4. The molecule has 6 heteroatoms. The summed E-state index contributed by atoms with van der Waals surface area (Å²) in [4.78, 5) is 25.5. The molecule has 1 saturated heterocycles. The molecule has 2 atom stereocenters. The number of likely N-dealkylation sites (tertiary alicyclic amines) is 1. The van der Waals surface area contributed by atoms with Crippen molar-refractivity contribution in [1.82, 2.24) is 10.2 Å². The lowest BCUT2D eigenvalue weighted by Crippen LogP contribution is -2.49. The molecule has 0 aliphatic carbocycles. The van der Waals surface area contributed by atoms with Crippen molar-refractivity contribution in [3.63, 3.8) is 0 Å². The number of carbonyl (C=O) groups excluding carboxylic acids is 2. The quantitative estimate of drug-likeness (QED) is 0.728. The van der Waals surface area contributed by atoms with Crippen LogP contribution in [-0.4, -0.2) is 60.8 Å². The number of ether oxygens (including phenoxy) is 1. The molecule has 20 heavy (non-hydrogen) atoms. The second-order valence-corrected chi connectivity index (χ2v) is 5.68. The lowest BCUT2D eigenvalue weighted by Gasteiger charge is -2.32. The first-order valence-corrected chi connectivity index (χ1v) is 7.16. The number of amides is 2. The lowest BCUT2D eigenvalue weighted by atomic mass is 9.96. The maximum Gasteiger partial charge on any atom is 0.225 e. The van der Waals surface area contributed by atoms with E-state index in [-0.39, 0.29) is 30.9 Å². The number of hydrogen-bond donors (Lipinski definition) is 2. The predicted octanol–water partition coefficient (Wildman–Crippen LogP) is 0.149. The molecule has 0 unspecified atom stereocenters. The van der Waals surface area contributed by atoms with Gasteiger partial charge in [-0.15, -0.1) is 0 Å². The number of rotatable bonds is 6. The molecule has 1 aliphatic rings. The fourth-order valence-electron chi connectivity index (χ4n) is 2.43. The molecule has 0 aromatic heterocycles. The fourth-order valence-corrected chi connectivity index (χ4v) is 2.43. The zero-order chi connectivity index (χ0) is 15.2. The summed E-state index contributed by atoms with van der Waals surface area (Å²) in [7, 11) is 1.51. The second kappa shape index (κ2) is 7.59. The van der Waals surface area contributed by atoms with Crippen LogP contribution in [0.25, 0.3) is 0 Å². The van der Waals surface area contributed by atoms with E-state index < -0.39 is 5.60 Å². The Labute approximate surface area is 120 Å². The summed E-state index contributed by atoms with van der Waals surface area (Å²) >= 11 is 0. The number of nitrogens with zero attached hydrogens (tertiary/aromatic N) is 1. The van der Waals surface area contributed by atoms with Gasteiger partial charge in [0.2, 0.25) is 11.8 Å². The van der Waals surface area contributed by atoms with Crippen LogP contribution in [0.15, 0.2) is 0 Å². The molecule has 1 rings (SSSR count). The van der Waals surface area contributed by atoms with Crippen LogP contribution in [0.1, 0.15) is 33.1 Å². The van der Waals surface area contributed by atoms with E-state index in [4.69, 9.17) is 4.74 Å². The molecule has 0 saturated carbocycles. The average Bonchev–Trinajstić information content (AvgIpc) is 2.44. The number of aliphatic hydroxyl groups is 1. The maximum absolute atomic E-state index is 12.1. The summed E-state index contributed by atoms with van der Waals surface area (Å²) in [5.41, 5.74) is -1.07. The van der Waals surface area contributed by atoms with Gasteiger partial charge in [-0.25, -0.2) is 0 Å². The first kappa shape index (κ1) is 16.9. The van der Waals surface area contributed by atoms with Gasteiger partial charge in [-0.2, -0.15) is 0 Å². The van der Waals surface area contributed by atoms with E-state index in [0.29, 0.717) is 13.0 Å². The molecule has 116 valence electrons. The van der Waals surface area contributed by atoms with E-state index in [2.05, 4.69) is 5.32 Å². The van der Waals surface area contributed by atoms with Crippen LogP contribution in [0, 0.1) is 5.92 Å². The molecule has 0 aromatic rings. The van der Waals surface area contributed by atoms with Gasteiger partial charge >= 0.3 is 0 Å². The molecular weight excluding hydrogens is 260 g/mol. The van der Waals surface area contributed by atoms with Crippen LogP contribution in [0.5, 0.6) is 0 Å². The Morgan fingerprint density at radius 1 is 1.50 bits per heavy atom. The normalized spacial score (nSPS) is 22.2. The first-order chi connectivity index (χ1) is 9.39. The van der Waals surface area contributed by atoms with E-state index in [1.165, 1.54) is 7.11 Å². The summed E-state index contributed by atoms with van der Waals surface area (Å²) in [6.07, 6.45) is 2.10. The van der Waals surface area contributed by atoms with Crippen molar-refractivity contribution in [1.29, 1.82) is 0 Å². The molecule has 6 nitrogen and oxygen atoms in total. The number of carbonyl (C=O) groups is 2. The maximum atomic E-state index is 12.1. The lowest BCUT2D eigenvalue weighted by molar-refractivity contribution is -0.136. The highest BCUT2D eigenvalue weighted by Gasteiger charge is 2.29. The SMILES string of the molecule is CCC(=O)N1CCC[C@@H](C(=O)NC[C@](C)(O)COC)C1. The molecule has 2 amide bonds. The van der Waals surface area contributed by atoms with Gasteiger partial charge in [0.05, 0.1) is 12.5 Å². The van der Waals surface area contributed by atoms with Crippen molar-refractivity contribution in [2.24, 2.45) is 5.92 Å². The predicted molar refractivity (Wildman–Crippen MR) is 75.1 cm³/mol. The smallest absolute Gasteiger partial charge is 0.225 e. The monoisotopic (exact) mass is 286 g/mol. The summed E-state index contributed by atoms with van der Waals surface area (Å²) in [6, 6.07) is 0. The Hall–Kier alpha value is -1.14. The number of methoxy groups -OCH3 is 1. The molecule has 2 N–H and O–H groups in total. The number of piperidine rings is 1. The Morgan fingerprint density at radius 3 is 2.80 bits per heavy atom. The summed E-state index contributed by atoms with van der Waals surface area (Å²) < 4.78 is 4.89. The Bertz CT molecular complexity index is 344. The van der Waals surface area contributed by atoms with Crippen molar-refractivity contribution in [3.8, 4) is 0 Å². The van der Waals surface area contributed by atoms with Gasteiger partial charge in [0.15, 0.2) is 0 Å². The zero-order valence-corrected chi connectivity index (χ0v) is 12.6. The van der Waals surface area contributed by atoms with Crippen LogP contribution in [0.3, 0.4) is 0 Å². The zero-order valence-electron chi connectivity index (χ0n) is 12.6. The van der Waals surface area contributed by atoms with Crippen molar-refractivity contribution < 1.29 is 19.4 Å². The van der Waals surface area contributed by atoms with Crippen molar-refractivity contribution >= 4 is 11.8 Å². The minimum atomic E-state index is -1.07. The van der Waals surface area contributed by atoms with E-state index in [1.54, 1.807) is 11.8 Å². The third kappa shape index (κ3) is 5.09. The Balaban J connectivity index is 2.45. The molecule has 0 bridgehead atoms. The van der Waals surface area contributed by atoms with Gasteiger partial charge < -0.3 is 20.1 Å². The second-order valence-electron chi connectivity index (χ2n) is 5.68. The summed E-state index contributed by atoms with van der Waals surface area (Å²) in [5, 5.41) is 12.7. The van der Waals surface area contributed by atoms with E-state index in [9.17, 15) is 14.7 Å². The minimum absolute atomic E-state index is 0.0916. The van der Waals surface area contributed by atoms with Crippen LogP contribution in [0.4, 0.5) is 0 Å². The molecule has 1 heterocycles. The molecule has 0 aromatic carbocycles. The largest absolute Gasteiger partial charge is 0.386 e. The van der Waals surface area contributed by atoms with Gasteiger partial charge in [-0.05, 0) is 19.8 Å². The molecule has 1 fully saturated rings. The van der Waals surface area contributed by atoms with Gasteiger partial charge in [0, 0.05) is 33.2 Å². The van der Waals surface area contributed by atoms with Crippen molar-refractivity contribution in [3.05, 3.63) is 0 Å². The highest BCUT2D eigenvalue weighted by atomic mass is 16.5. The van der Waals surface area contributed by atoms with Gasteiger partial charge in [-0.1, -0.05) is 6.92 Å². The summed E-state index contributed by atoms with van der Waals surface area (Å²) in [5.74, 6) is -0.193. The van der Waals surface area contributed by atoms with Crippen LogP contribution < -0.4 is 5.32 Å². The van der Waals surface area contributed by atoms with E-state index in [1.807, 2.05) is 6.92 Å². The first-order valence-electron chi connectivity index (χ1n) is 7.16. The highest BCUT2D eigenvalue weighted by Crippen LogP contribution is 2.17. The highest BCUT2D eigenvalue weighted by molar-refractivity contribution is 5.81. The van der Waals surface area contributed by atoms with Crippen LogP contribution in [-0.2, 0) is 14.3 Å². The molecule has 1 aliphatic heterocycles. The molecular formula is C14H26N2O4. The molecule has 0 radical (unpaired) electrons. The fraction of sp³-hybridized carbons (Fsp3) is 0.857. The van der Waals surface area contributed by atoms with Crippen LogP contribution >= 0.6 is 0 Å². The van der Waals surface area contributed by atoms with Gasteiger partial charge in [0.25, 0.3) is 0 Å². The number of nitrogens with one attached hydrogen (secondary N) is 1. The third-order valence-corrected chi connectivity index (χ3v) is 3.55. The topological polar surface area (TPSA) is 78.9 Å². The van der Waals surface area contributed by atoms with Crippen molar-refractivity contribution in [2.45, 2.75) is 38.7 Å². The van der Waals surface area contributed by atoms with E-state index >= 15 is 0 Å². The Morgan fingerprint density at radius 2 is 2.20 bits per heavy atom. The van der Waals surface area contributed by atoms with Crippen molar-refractivity contribution in [2.75, 3.05) is 33.4 Å². The summed E-state index contributed by atoms with van der Waals surface area (Å²) in [6.45, 7) is 4.97. The standard InChI is InChI=1S/C14H26N2O4/c1-4-12(17)16-7-5-6-11(8-16)13(18)15-9-14(2,19)10-20-3/h11,19H,4-10H2,1-3H3,(H,15,18)/t11-,14+/m1/s1. The molecule has 0 spiro atoms. The van der Waals surface area contributed by atoms with Gasteiger partial charge in [-0.3, -0.25) is 9.59 Å². The van der Waals surface area contributed by atoms with Crippen LogP contribution in [0.2, 0.25) is 0 Å². The van der Waals surface area contributed by atoms with Gasteiger partial charge in [0.1, 0.15) is 5.60 Å². The Kier molecular flexibility index (Phi) is 6.42. The minimum Gasteiger partial charge on any atom is -0.386 e.